The minimum Gasteiger partial charge on any atom is -0.316 e. The highest BCUT2D eigenvalue weighted by Gasteiger charge is 2.51. The van der Waals surface area contributed by atoms with Crippen LogP contribution in [0, 0.1) is 5.41 Å². The molecule has 1 fully saturated rings. The van der Waals surface area contributed by atoms with Crippen molar-refractivity contribution in [2.45, 2.75) is 45.1 Å². The molecule has 0 saturated heterocycles. The molecular weight excluding hydrogens is 230 g/mol. The van der Waals surface area contributed by atoms with Crippen LogP contribution in [0.25, 0.3) is 0 Å². The Balaban J connectivity index is 2.25. The summed E-state index contributed by atoms with van der Waals surface area (Å²) in [5.74, 6) is 0.687. The first-order chi connectivity index (χ1) is 8.17. The number of halogens is 1. The maximum Gasteiger partial charge on any atom is 0.0406 e. The van der Waals surface area contributed by atoms with Crippen molar-refractivity contribution in [1.82, 2.24) is 5.32 Å². The van der Waals surface area contributed by atoms with Crippen molar-refractivity contribution >= 4 is 11.6 Å². The fraction of sp³-hybridized carbons (Fsp3) is 0.600. The summed E-state index contributed by atoms with van der Waals surface area (Å²) in [6.07, 6.45) is 3.73. The number of hydrogen-bond acceptors (Lipinski definition) is 1. The van der Waals surface area contributed by atoms with Crippen molar-refractivity contribution in [3.05, 3.63) is 34.9 Å². The van der Waals surface area contributed by atoms with Gasteiger partial charge in [0.05, 0.1) is 0 Å². The first-order valence-corrected chi connectivity index (χ1v) is 6.98. The molecule has 0 spiro atoms. The molecule has 1 nitrogen and oxygen atoms in total. The molecule has 0 amide bonds. The van der Waals surface area contributed by atoms with E-state index in [1.807, 2.05) is 12.1 Å². The Morgan fingerprint density at radius 1 is 1.24 bits per heavy atom. The summed E-state index contributed by atoms with van der Waals surface area (Å²) < 4.78 is 0. The summed E-state index contributed by atoms with van der Waals surface area (Å²) in [6, 6.07) is 9.08. The molecule has 0 heterocycles. The van der Waals surface area contributed by atoms with E-state index in [2.05, 4.69) is 38.3 Å². The van der Waals surface area contributed by atoms with E-state index < -0.39 is 0 Å². The lowest BCUT2D eigenvalue weighted by molar-refractivity contribution is 0.0245. The molecule has 1 aromatic carbocycles. The van der Waals surface area contributed by atoms with Crippen LogP contribution in [0.4, 0.5) is 0 Å². The lowest BCUT2D eigenvalue weighted by Crippen LogP contribution is -2.57. The first-order valence-electron chi connectivity index (χ1n) is 6.60. The fourth-order valence-corrected chi connectivity index (χ4v) is 3.72. The average Bonchev–Trinajstić information content (AvgIpc) is 2.33. The third-order valence-electron chi connectivity index (χ3n) is 4.80. The van der Waals surface area contributed by atoms with Gasteiger partial charge in [-0.05, 0) is 55.3 Å². The summed E-state index contributed by atoms with van der Waals surface area (Å²) in [4.78, 5) is 0. The third kappa shape index (κ3) is 2.00. The molecule has 0 aliphatic heterocycles. The van der Waals surface area contributed by atoms with Gasteiger partial charge in [-0.25, -0.2) is 0 Å². The summed E-state index contributed by atoms with van der Waals surface area (Å²) in [5.41, 5.74) is 1.88. The van der Waals surface area contributed by atoms with Gasteiger partial charge >= 0.3 is 0 Å². The Labute approximate surface area is 110 Å². The molecule has 1 aliphatic carbocycles. The van der Waals surface area contributed by atoms with E-state index in [1.54, 1.807) is 0 Å². The van der Waals surface area contributed by atoms with Gasteiger partial charge in [0.2, 0.25) is 0 Å². The molecule has 2 unspecified atom stereocenters. The van der Waals surface area contributed by atoms with Gasteiger partial charge in [-0.3, -0.25) is 0 Å². The summed E-state index contributed by atoms with van der Waals surface area (Å²) >= 11 is 5.96. The van der Waals surface area contributed by atoms with Gasteiger partial charge in [0, 0.05) is 11.1 Å². The van der Waals surface area contributed by atoms with E-state index >= 15 is 0 Å². The molecule has 17 heavy (non-hydrogen) atoms. The van der Waals surface area contributed by atoms with Crippen LogP contribution in [-0.2, 0) is 0 Å². The van der Waals surface area contributed by atoms with Crippen LogP contribution in [-0.4, -0.2) is 13.1 Å². The number of hydrogen-bond donors (Lipinski definition) is 1. The van der Waals surface area contributed by atoms with Crippen LogP contribution in [0.15, 0.2) is 24.3 Å². The van der Waals surface area contributed by atoms with E-state index in [0.29, 0.717) is 17.4 Å². The monoisotopic (exact) mass is 251 g/mol. The molecule has 0 radical (unpaired) electrons. The number of benzene rings is 1. The smallest absolute Gasteiger partial charge is 0.0406 e. The molecule has 0 aromatic heterocycles. The maximum absolute atomic E-state index is 5.96. The van der Waals surface area contributed by atoms with Crippen molar-refractivity contribution in [3.63, 3.8) is 0 Å². The highest BCUT2D eigenvalue weighted by molar-refractivity contribution is 6.30. The predicted octanol–water partition coefficient (Wildman–Crippen LogP) is 4.22. The Bertz CT molecular complexity index is 367. The minimum absolute atomic E-state index is 0.433. The zero-order chi connectivity index (χ0) is 12.5. The van der Waals surface area contributed by atoms with Crippen molar-refractivity contribution in [1.29, 1.82) is 0 Å². The standard InChI is InChI=1S/C15H22ClN/c1-4-15(5-2)13(10-14(15)17-3)11-6-8-12(16)9-7-11/h6-9,13-14,17H,4-5,10H2,1-3H3. The maximum atomic E-state index is 5.96. The largest absolute Gasteiger partial charge is 0.316 e. The van der Waals surface area contributed by atoms with Crippen LogP contribution in [0.5, 0.6) is 0 Å². The number of nitrogens with one attached hydrogen (secondary N) is 1. The molecule has 2 heteroatoms. The minimum atomic E-state index is 0.433. The zero-order valence-electron chi connectivity index (χ0n) is 11.0. The molecule has 1 aliphatic rings. The third-order valence-corrected chi connectivity index (χ3v) is 5.05. The summed E-state index contributed by atoms with van der Waals surface area (Å²) in [6.45, 7) is 4.63. The normalized spacial score (nSPS) is 26.6. The SMILES string of the molecule is CCC1(CC)C(NC)CC1c1ccc(Cl)cc1. The van der Waals surface area contributed by atoms with Crippen molar-refractivity contribution in [3.8, 4) is 0 Å². The highest BCUT2D eigenvalue weighted by Crippen LogP contribution is 2.57. The Hall–Kier alpha value is -0.530. The average molecular weight is 252 g/mol. The van der Waals surface area contributed by atoms with Gasteiger partial charge < -0.3 is 5.32 Å². The van der Waals surface area contributed by atoms with Crippen LogP contribution in [0.3, 0.4) is 0 Å². The molecule has 1 aromatic rings. The quantitative estimate of drug-likeness (QED) is 0.845. The van der Waals surface area contributed by atoms with Gasteiger partial charge in [0.1, 0.15) is 0 Å². The van der Waals surface area contributed by atoms with E-state index in [9.17, 15) is 0 Å². The zero-order valence-corrected chi connectivity index (χ0v) is 11.7. The van der Waals surface area contributed by atoms with Gasteiger partial charge in [0.15, 0.2) is 0 Å². The molecule has 1 saturated carbocycles. The topological polar surface area (TPSA) is 12.0 Å². The Morgan fingerprint density at radius 2 is 1.82 bits per heavy atom. The summed E-state index contributed by atoms with van der Waals surface area (Å²) in [7, 11) is 2.09. The van der Waals surface area contributed by atoms with E-state index in [-0.39, 0.29) is 0 Å². The highest BCUT2D eigenvalue weighted by atomic mass is 35.5. The van der Waals surface area contributed by atoms with Crippen molar-refractivity contribution in [2.75, 3.05) is 7.05 Å². The first kappa shape index (κ1) is 12.9. The van der Waals surface area contributed by atoms with Gasteiger partial charge in [-0.15, -0.1) is 0 Å². The van der Waals surface area contributed by atoms with E-state index in [1.165, 1.54) is 24.8 Å². The van der Waals surface area contributed by atoms with Gasteiger partial charge in [-0.1, -0.05) is 37.6 Å². The Kier molecular flexibility index (Phi) is 3.79. The van der Waals surface area contributed by atoms with Crippen LogP contribution in [0.1, 0.15) is 44.6 Å². The molecule has 2 rings (SSSR count). The van der Waals surface area contributed by atoms with Crippen LogP contribution >= 0.6 is 11.6 Å². The number of rotatable bonds is 4. The van der Waals surface area contributed by atoms with Crippen LogP contribution < -0.4 is 5.32 Å². The van der Waals surface area contributed by atoms with Crippen molar-refractivity contribution < 1.29 is 0 Å². The van der Waals surface area contributed by atoms with E-state index in [4.69, 9.17) is 11.6 Å². The van der Waals surface area contributed by atoms with Crippen molar-refractivity contribution in [2.24, 2.45) is 5.41 Å². The predicted molar refractivity (Wildman–Crippen MR) is 74.7 cm³/mol. The lowest BCUT2D eigenvalue weighted by atomic mass is 9.52. The van der Waals surface area contributed by atoms with E-state index in [0.717, 1.165) is 5.02 Å². The molecule has 94 valence electrons. The molecule has 2 atom stereocenters. The second kappa shape index (κ2) is 4.99. The molecule has 0 bridgehead atoms. The Morgan fingerprint density at radius 3 is 2.29 bits per heavy atom. The molecular formula is C15H22ClN. The fourth-order valence-electron chi connectivity index (χ4n) is 3.59. The van der Waals surface area contributed by atoms with Crippen LogP contribution in [0.2, 0.25) is 5.02 Å². The summed E-state index contributed by atoms with van der Waals surface area (Å²) in [5, 5.41) is 4.31. The second-order valence-electron chi connectivity index (χ2n) is 5.12. The second-order valence-corrected chi connectivity index (χ2v) is 5.56. The van der Waals surface area contributed by atoms with Gasteiger partial charge in [0.25, 0.3) is 0 Å². The van der Waals surface area contributed by atoms with Gasteiger partial charge in [-0.2, -0.15) is 0 Å². The lowest BCUT2D eigenvalue weighted by Gasteiger charge is -2.56. The molecule has 1 N–H and O–H groups in total.